The summed E-state index contributed by atoms with van der Waals surface area (Å²) in [7, 11) is 0. The van der Waals surface area contributed by atoms with E-state index in [0.29, 0.717) is 52.4 Å². The van der Waals surface area contributed by atoms with Crippen molar-refractivity contribution in [3.8, 4) is 102 Å². The van der Waals surface area contributed by atoms with E-state index in [0.717, 1.165) is 88.2 Å². The van der Waals surface area contributed by atoms with Crippen molar-refractivity contribution in [1.82, 2.24) is 44.9 Å². The predicted octanol–water partition coefficient (Wildman–Crippen LogP) is 35.1. The van der Waals surface area contributed by atoms with Gasteiger partial charge in [0.15, 0.2) is 52.4 Å². The Kier molecular flexibility index (Phi) is 19.1. The van der Waals surface area contributed by atoms with Crippen LogP contribution in [-0.4, -0.2) is 44.9 Å². The predicted molar refractivity (Wildman–Crippen MR) is 592 cm³/mol. The molecule has 0 aliphatic carbocycles. The molecule has 0 unspecified atom stereocenters. The third-order valence-corrected chi connectivity index (χ3v) is 30.2. The van der Waals surface area contributed by atoms with Crippen LogP contribution in [0.3, 0.4) is 0 Å². The van der Waals surface area contributed by atoms with E-state index in [1.54, 1.807) is 22.7 Å². The van der Waals surface area contributed by atoms with E-state index < -0.39 is 0 Å². The van der Waals surface area contributed by atoms with Crippen LogP contribution in [0.25, 0.3) is 294 Å². The Balaban J connectivity index is 0.000000104. The SMILES string of the molecule is c1ccc(-c2nc(-c3ccc4c(ccc5c4ccc4c6ccccc6ccc45)c3)nc(-c3cccc4oc5ccccc5c34)n2)cc1.c1ccc(-c2nc(-c3ccc4c(ccc5c4ccc4c6ccccc6ccc45)c3)nc(-c3cccc4sc5ccccc5c34)n2)cc1.c1ccc(-c2nc(-c3cccc4c3ccc3c4ccc4c5ccccc5ccc43)nc(-c3cccc4sc5ccccc5c34)n2)cc1. The van der Waals surface area contributed by atoms with E-state index >= 15 is 0 Å². The molecule has 30 aromatic rings. The van der Waals surface area contributed by atoms with Crippen molar-refractivity contribution in [3.05, 3.63) is 455 Å². The van der Waals surface area contributed by atoms with Crippen molar-refractivity contribution in [1.29, 1.82) is 0 Å². The molecule has 0 fully saturated rings. The number of benzene rings is 24. The molecule has 0 saturated heterocycles. The number of furan rings is 1. The zero-order valence-electron chi connectivity index (χ0n) is 75.6. The molecule has 0 aliphatic heterocycles. The molecular formula is C129H75N9OS2. The van der Waals surface area contributed by atoms with Gasteiger partial charge in [-0.25, -0.2) is 44.9 Å². The van der Waals surface area contributed by atoms with Crippen LogP contribution < -0.4 is 0 Å². The molecule has 30 rings (SSSR count). The largest absolute Gasteiger partial charge is 0.456 e. The van der Waals surface area contributed by atoms with Crippen LogP contribution >= 0.6 is 22.7 Å². The van der Waals surface area contributed by atoms with Crippen LogP contribution in [-0.2, 0) is 0 Å². The van der Waals surface area contributed by atoms with Crippen molar-refractivity contribution in [2.45, 2.75) is 0 Å². The van der Waals surface area contributed by atoms with Gasteiger partial charge in [-0.2, -0.15) is 0 Å². The minimum absolute atomic E-state index is 0.614. The topological polar surface area (TPSA) is 129 Å². The van der Waals surface area contributed by atoms with Gasteiger partial charge < -0.3 is 4.42 Å². The first kappa shape index (κ1) is 81.1. The highest BCUT2D eigenvalue weighted by Crippen LogP contribution is 2.47. The molecule has 0 saturated carbocycles. The zero-order chi connectivity index (χ0) is 92.7. The van der Waals surface area contributed by atoms with E-state index in [2.05, 4.69) is 358 Å². The minimum Gasteiger partial charge on any atom is -0.456 e. The first-order chi connectivity index (χ1) is 69.9. The third-order valence-electron chi connectivity index (χ3n) is 27.9. The Morgan fingerprint density at radius 2 is 0.383 bits per heavy atom. The van der Waals surface area contributed by atoms with Gasteiger partial charge in [0.2, 0.25) is 0 Å². The minimum atomic E-state index is 0.614. The Labute approximate surface area is 814 Å². The second-order valence-corrected chi connectivity index (χ2v) is 38.1. The van der Waals surface area contributed by atoms with Gasteiger partial charge in [0.25, 0.3) is 0 Å². The van der Waals surface area contributed by atoms with Crippen LogP contribution in [0.2, 0.25) is 0 Å². The van der Waals surface area contributed by atoms with Crippen molar-refractivity contribution >= 4 is 214 Å². The molecule has 654 valence electrons. The van der Waals surface area contributed by atoms with Gasteiger partial charge in [-0.05, 0) is 178 Å². The lowest BCUT2D eigenvalue weighted by atomic mass is 9.93. The summed E-state index contributed by atoms with van der Waals surface area (Å²) in [4.78, 5) is 45.9. The molecule has 0 radical (unpaired) electrons. The summed E-state index contributed by atoms with van der Waals surface area (Å²) < 4.78 is 11.2. The Morgan fingerprint density at radius 3 is 0.801 bits per heavy atom. The fraction of sp³-hybridized carbons (Fsp3) is 0. The quantitative estimate of drug-likeness (QED) is 0.129. The fourth-order valence-corrected chi connectivity index (χ4v) is 23.6. The average molecular weight is 1830 g/mol. The number of aromatic nitrogens is 9. The summed E-state index contributed by atoms with van der Waals surface area (Å²) in [5, 5.41) is 36.6. The Bertz CT molecular complexity index is 10000. The molecule has 24 aromatic carbocycles. The summed E-state index contributed by atoms with van der Waals surface area (Å²) in [6.07, 6.45) is 0. The molecule has 0 spiro atoms. The van der Waals surface area contributed by atoms with Gasteiger partial charge >= 0.3 is 0 Å². The number of thiophene rings is 2. The number of nitrogens with zero attached hydrogens (tertiary/aromatic N) is 9. The lowest BCUT2D eigenvalue weighted by molar-refractivity contribution is 0.669. The van der Waals surface area contributed by atoms with Gasteiger partial charge in [0.05, 0.1) is 0 Å². The number of hydrogen-bond acceptors (Lipinski definition) is 12. The smallest absolute Gasteiger partial charge is 0.164 e. The summed E-state index contributed by atoms with van der Waals surface area (Å²) in [6, 6.07) is 161. The Morgan fingerprint density at radius 1 is 0.135 bits per heavy atom. The first-order valence-electron chi connectivity index (χ1n) is 47.3. The van der Waals surface area contributed by atoms with Gasteiger partial charge in [-0.15, -0.1) is 22.7 Å². The van der Waals surface area contributed by atoms with Crippen molar-refractivity contribution in [2.24, 2.45) is 0 Å². The lowest BCUT2D eigenvalue weighted by Crippen LogP contribution is -2.00. The maximum Gasteiger partial charge on any atom is 0.164 e. The van der Waals surface area contributed by atoms with Gasteiger partial charge in [0.1, 0.15) is 11.2 Å². The molecule has 12 heteroatoms. The van der Waals surface area contributed by atoms with Crippen molar-refractivity contribution < 1.29 is 4.42 Å². The van der Waals surface area contributed by atoms with Gasteiger partial charge in [-0.1, -0.05) is 406 Å². The number of rotatable bonds is 9. The second kappa shape index (κ2) is 33.3. The van der Waals surface area contributed by atoms with E-state index in [4.69, 9.17) is 49.3 Å². The molecule has 141 heavy (non-hydrogen) atoms. The molecule has 6 heterocycles. The molecule has 0 aliphatic rings. The second-order valence-electron chi connectivity index (χ2n) is 35.9. The highest BCUT2D eigenvalue weighted by atomic mass is 32.1. The molecular weight excluding hydrogens is 1760 g/mol. The van der Waals surface area contributed by atoms with Crippen LogP contribution in [0, 0.1) is 0 Å². The zero-order valence-corrected chi connectivity index (χ0v) is 77.2. The Hall–Kier alpha value is -18.3. The summed E-state index contributed by atoms with van der Waals surface area (Å²) in [5.74, 6) is 5.90. The lowest BCUT2D eigenvalue weighted by Gasteiger charge is -2.13. The number of fused-ring (bicyclic) bond motifs is 30. The first-order valence-corrected chi connectivity index (χ1v) is 49.0. The van der Waals surface area contributed by atoms with E-state index in [9.17, 15) is 0 Å². The number of hydrogen-bond donors (Lipinski definition) is 0. The van der Waals surface area contributed by atoms with Gasteiger partial charge in [-0.3, -0.25) is 0 Å². The van der Waals surface area contributed by atoms with Crippen molar-refractivity contribution in [2.75, 3.05) is 0 Å². The van der Waals surface area contributed by atoms with Crippen LogP contribution in [0.1, 0.15) is 0 Å². The number of para-hydroxylation sites is 1. The molecule has 0 amide bonds. The van der Waals surface area contributed by atoms with E-state index in [1.165, 1.54) is 153 Å². The summed E-state index contributed by atoms with van der Waals surface area (Å²) >= 11 is 3.61. The highest BCUT2D eigenvalue weighted by molar-refractivity contribution is 7.26. The maximum atomic E-state index is 6.20. The average Bonchev–Trinajstić information content (AvgIpc) is 1.67. The monoisotopic (exact) mass is 1830 g/mol. The normalized spacial score (nSPS) is 11.8. The standard InChI is InChI=1S/C43H25N3O.2C43H25N3S/c1-2-10-27(11-3-1)41-44-42(46-43(45-41)37-14-8-16-39-40(37)36-13-6-7-15-38(36)47-39)29-19-20-31-28(25-29)18-22-35-33(31)24-23-32-30-12-5-4-9-26(30)17-21-34(32)35;1-2-11-27(12-3-1)41-44-42(46-43(45-41)37-17-9-19-39-40(37)36-14-6-7-18-38(36)47-39)35-16-8-15-29-32-23-22-30-28-13-5-4-10-26(28)20-21-31(30)33(32)24-25-34(29)35;1-2-10-27(11-3-1)41-44-42(46-43(45-41)37-14-8-16-39-40(37)36-13-6-7-15-38(36)47-39)29-19-20-31-28(25-29)18-22-35-33(31)24-23-32-30-12-5-4-9-26(30)17-21-34(32)35/h3*1-25H. The van der Waals surface area contributed by atoms with E-state index in [1.807, 2.05) is 97.1 Å². The van der Waals surface area contributed by atoms with Gasteiger partial charge in [0, 0.05) is 101 Å². The summed E-state index contributed by atoms with van der Waals surface area (Å²) in [6.45, 7) is 0. The summed E-state index contributed by atoms with van der Waals surface area (Å²) in [5.41, 5.74) is 10.4. The van der Waals surface area contributed by atoms with E-state index in [-0.39, 0.29) is 0 Å². The third kappa shape index (κ3) is 13.9. The van der Waals surface area contributed by atoms with Crippen LogP contribution in [0.15, 0.2) is 459 Å². The molecule has 10 nitrogen and oxygen atoms in total. The molecule has 0 atom stereocenters. The van der Waals surface area contributed by atoms with Crippen LogP contribution in [0.5, 0.6) is 0 Å². The molecule has 6 aromatic heterocycles. The maximum absolute atomic E-state index is 6.20. The molecule has 0 N–H and O–H groups in total. The highest BCUT2D eigenvalue weighted by Gasteiger charge is 2.25. The van der Waals surface area contributed by atoms with Crippen LogP contribution in [0.4, 0.5) is 0 Å². The molecule has 0 bridgehead atoms. The van der Waals surface area contributed by atoms with Crippen molar-refractivity contribution in [3.63, 3.8) is 0 Å². The fourth-order valence-electron chi connectivity index (χ4n) is 21.3.